The van der Waals surface area contributed by atoms with Crippen molar-refractivity contribution in [3.8, 4) is 0 Å². The van der Waals surface area contributed by atoms with Gasteiger partial charge >= 0.3 is 0 Å². The Labute approximate surface area is 123 Å². The number of nitrogens with one attached hydrogen (secondary N) is 1. The number of rotatable bonds is 7. The van der Waals surface area contributed by atoms with E-state index in [1.807, 2.05) is 30.3 Å². The quantitative estimate of drug-likeness (QED) is 0.677. The van der Waals surface area contributed by atoms with Crippen LogP contribution in [-0.2, 0) is 13.0 Å². The Hall–Kier alpha value is -2.18. The van der Waals surface area contributed by atoms with Crippen LogP contribution in [0.15, 0.2) is 42.9 Å². The van der Waals surface area contributed by atoms with Crippen LogP contribution in [0.4, 0.5) is 0 Å². The molecule has 112 valence electrons. The first kappa shape index (κ1) is 15.2. The van der Waals surface area contributed by atoms with Crippen LogP contribution in [-0.4, -0.2) is 39.8 Å². The molecule has 0 fully saturated rings. The summed E-state index contributed by atoms with van der Waals surface area (Å²) < 4.78 is 1.76. The number of nitrogens with zero attached hydrogens (tertiary/aromatic N) is 2. The number of nitrogens with two attached hydrogens (primary N) is 1. The predicted octanol–water partition coefficient (Wildman–Crippen LogP) is 0.175. The molecule has 0 spiro atoms. The molecule has 0 bridgehead atoms. The summed E-state index contributed by atoms with van der Waals surface area (Å²) in [6.45, 7) is 0.989. The van der Waals surface area contributed by atoms with E-state index in [4.69, 9.17) is 5.73 Å². The lowest BCUT2D eigenvalue weighted by Gasteiger charge is -2.15. The topological polar surface area (TPSA) is 93.2 Å². The van der Waals surface area contributed by atoms with Crippen LogP contribution in [0.5, 0.6) is 0 Å². The number of carbonyl (C=O) groups excluding carboxylic acids is 1. The van der Waals surface area contributed by atoms with Crippen molar-refractivity contribution >= 4 is 5.91 Å². The number of aromatic nitrogens is 2. The Morgan fingerprint density at radius 3 is 2.81 bits per heavy atom. The highest BCUT2D eigenvalue weighted by Crippen LogP contribution is 2.04. The maximum atomic E-state index is 12.1. The normalized spacial score (nSPS) is 12.1. The SMILES string of the molecule is NCCn1cnc(C(=O)NC(CO)Cc2ccccc2)c1. The minimum Gasteiger partial charge on any atom is -0.394 e. The van der Waals surface area contributed by atoms with E-state index in [9.17, 15) is 9.90 Å². The molecular weight excluding hydrogens is 268 g/mol. The Morgan fingerprint density at radius 1 is 1.38 bits per heavy atom. The monoisotopic (exact) mass is 288 g/mol. The van der Waals surface area contributed by atoms with Crippen molar-refractivity contribution < 1.29 is 9.90 Å². The Balaban J connectivity index is 1.95. The second-order valence-electron chi connectivity index (χ2n) is 4.83. The minimum atomic E-state index is -0.334. The van der Waals surface area contributed by atoms with Gasteiger partial charge in [0.25, 0.3) is 5.91 Å². The number of aliphatic hydroxyl groups excluding tert-OH is 1. The van der Waals surface area contributed by atoms with Crippen LogP contribution in [0.1, 0.15) is 16.1 Å². The molecule has 2 rings (SSSR count). The van der Waals surface area contributed by atoms with Crippen molar-refractivity contribution in [2.75, 3.05) is 13.2 Å². The number of amides is 1. The fraction of sp³-hybridized carbons (Fsp3) is 0.333. The molecule has 1 atom stereocenters. The summed E-state index contributed by atoms with van der Waals surface area (Å²) >= 11 is 0. The molecule has 1 aromatic heterocycles. The van der Waals surface area contributed by atoms with Crippen LogP contribution in [0, 0.1) is 0 Å². The molecule has 1 aromatic carbocycles. The maximum absolute atomic E-state index is 12.1. The first-order valence-electron chi connectivity index (χ1n) is 6.90. The van der Waals surface area contributed by atoms with E-state index < -0.39 is 0 Å². The first-order chi connectivity index (χ1) is 10.2. The molecule has 0 aliphatic rings. The van der Waals surface area contributed by atoms with Gasteiger partial charge in [0.1, 0.15) is 5.69 Å². The summed E-state index contributed by atoms with van der Waals surface area (Å²) in [6, 6.07) is 9.38. The van der Waals surface area contributed by atoms with Gasteiger partial charge in [0, 0.05) is 19.3 Å². The van der Waals surface area contributed by atoms with E-state index in [-0.39, 0.29) is 18.6 Å². The summed E-state index contributed by atoms with van der Waals surface area (Å²) in [5.41, 5.74) is 6.84. The van der Waals surface area contributed by atoms with Crippen molar-refractivity contribution in [1.82, 2.24) is 14.9 Å². The molecule has 0 aliphatic carbocycles. The van der Waals surface area contributed by atoms with Gasteiger partial charge in [0.05, 0.1) is 19.0 Å². The molecular formula is C15H20N4O2. The summed E-state index contributed by atoms with van der Waals surface area (Å²) in [5, 5.41) is 12.2. The van der Waals surface area contributed by atoms with E-state index in [2.05, 4.69) is 10.3 Å². The fourth-order valence-corrected chi connectivity index (χ4v) is 2.07. The van der Waals surface area contributed by atoms with Crippen molar-refractivity contribution in [2.24, 2.45) is 5.73 Å². The smallest absolute Gasteiger partial charge is 0.271 e. The molecule has 21 heavy (non-hydrogen) atoms. The van der Waals surface area contributed by atoms with Gasteiger partial charge in [-0.25, -0.2) is 4.98 Å². The van der Waals surface area contributed by atoms with Gasteiger partial charge in [0.15, 0.2) is 0 Å². The first-order valence-corrected chi connectivity index (χ1v) is 6.90. The van der Waals surface area contributed by atoms with Gasteiger partial charge in [-0.05, 0) is 12.0 Å². The van der Waals surface area contributed by atoms with E-state index in [0.29, 0.717) is 25.2 Å². The van der Waals surface area contributed by atoms with E-state index in [1.54, 1.807) is 17.1 Å². The number of aliphatic hydroxyl groups is 1. The molecule has 0 radical (unpaired) electrons. The highest BCUT2D eigenvalue weighted by molar-refractivity contribution is 5.92. The van der Waals surface area contributed by atoms with E-state index >= 15 is 0 Å². The maximum Gasteiger partial charge on any atom is 0.271 e. The third-order valence-electron chi connectivity index (χ3n) is 3.13. The molecule has 1 heterocycles. The van der Waals surface area contributed by atoms with Gasteiger partial charge in [-0.2, -0.15) is 0 Å². The van der Waals surface area contributed by atoms with Crippen molar-refractivity contribution in [1.29, 1.82) is 0 Å². The fourth-order valence-electron chi connectivity index (χ4n) is 2.07. The van der Waals surface area contributed by atoms with E-state index in [0.717, 1.165) is 5.56 Å². The third kappa shape index (κ3) is 4.40. The number of carbonyl (C=O) groups is 1. The van der Waals surface area contributed by atoms with Crippen LogP contribution < -0.4 is 11.1 Å². The molecule has 0 saturated carbocycles. The van der Waals surface area contributed by atoms with Crippen LogP contribution >= 0.6 is 0 Å². The van der Waals surface area contributed by atoms with Crippen LogP contribution in [0.2, 0.25) is 0 Å². The van der Waals surface area contributed by atoms with E-state index in [1.165, 1.54) is 0 Å². The number of hydrogen-bond donors (Lipinski definition) is 3. The second kappa shape index (κ2) is 7.56. The zero-order valence-corrected chi connectivity index (χ0v) is 11.8. The Bertz CT molecular complexity index is 568. The molecule has 1 unspecified atom stereocenters. The summed E-state index contributed by atoms with van der Waals surface area (Å²) in [7, 11) is 0. The lowest BCUT2D eigenvalue weighted by Crippen LogP contribution is -2.39. The number of hydrogen-bond acceptors (Lipinski definition) is 4. The highest BCUT2D eigenvalue weighted by atomic mass is 16.3. The Kier molecular flexibility index (Phi) is 5.48. The average molecular weight is 288 g/mol. The summed E-state index contributed by atoms with van der Waals surface area (Å²) in [6.07, 6.45) is 3.80. The van der Waals surface area contributed by atoms with Crippen molar-refractivity contribution in [3.05, 3.63) is 54.1 Å². The minimum absolute atomic E-state index is 0.121. The summed E-state index contributed by atoms with van der Waals surface area (Å²) in [4.78, 5) is 16.1. The van der Waals surface area contributed by atoms with Crippen molar-refractivity contribution in [3.63, 3.8) is 0 Å². The molecule has 2 aromatic rings. The van der Waals surface area contributed by atoms with Crippen molar-refractivity contribution in [2.45, 2.75) is 19.0 Å². The van der Waals surface area contributed by atoms with Gasteiger partial charge in [-0.1, -0.05) is 30.3 Å². The van der Waals surface area contributed by atoms with Gasteiger partial charge < -0.3 is 20.7 Å². The lowest BCUT2D eigenvalue weighted by molar-refractivity contribution is 0.0912. The van der Waals surface area contributed by atoms with Gasteiger partial charge in [-0.15, -0.1) is 0 Å². The standard InChI is InChI=1S/C15H20N4O2/c16-6-7-19-9-14(17-11-19)15(21)18-13(10-20)8-12-4-2-1-3-5-12/h1-5,9,11,13,20H,6-8,10,16H2,(H,18,21). The zero-order chi connectivity index (χ0) is 15.1. The summed E-state index contributed by atoms with van der Waals surface area (Å²) in [5.74, 6) is -0.291. The van der Waals surface area contributed by atoms with Gasteiger partial charge in [-0.3, -0.25) is 4.79 Å². The molecule has 6 heteroatoms. The third-order valence-corrected chi connectivity index (χ3v) is 3.13. The number of imidazole rings is 1. The highest BCUT2D eigenvalue weighted by Gasteiger charge is 2.15. The Morgan fingerprint density at radius 2 is 2.14 bits per heavy atom. The molecule has 0 aliphatic heterocycles. The second-order valence-corrected chi connectivity index (χ2v) is 4.83. The van der Waals surface area contributed by atoms with Crippen LogP contribution in [0.25, 0.3) is 0 Å². The zero-order valence-electron chi connectivity index (χ0n) is 11.8. The lowest BCUT2D eigenvalue weighted by atomic mass is 10.1. The number of benzene rings is 1. The molecule has 0 saturated heterocycles. The van der Waals surface area contributed by atoms with Crippen LogP contribution in [0.3, 0.4) is 0 Å². The molecule has 1 amide bonds. The largest absolute Gasteiger partial charge is 0.394 e. The molecule has 4 N–H and O–H groups in total. The average Bonchev–Trinajstić information content (AvgIpc) is 2.97. The predicted molar refractivity (Wildman–Crippen MR) is 79.8 cm³/mol. The molecule has 6 nitrogen and oxygen atoms in total. The van der Waals surface area contributed by atoms with Gasteiger partial charge in [0.2, 0.25) is 0 Å².